The van der Waals surface area contributed by atoms with Crippen LogP contribution in [0.25, 0.3) is 0 Å². The first kappa shape index (κ1) is 24.2. The number of nitrogens with zero attached hydrogens (tertiary/aromatic N) is 1. The standard InChI is InChI=1S/C25H27N3O7/c1-2-34-24(32)20-18(26-25(33)27-21(20)15-8-4-3-5-9-15)14-35-19(29)12-13-28-22(30)16-10-6-7-11-17(16)23(28)31/h3-9,16-17,21H,2,10-14H2,1H3,(H2,26,27,33)/t16-,17-,21-/m0/s1. The van der Waals surface area contributed by atoms with Gasteiger partial charge in [-0.2, -0.15) is 0 Å². The predicted molar refractivity (Wildman–Crippen MR) is 122 cm³/mol. The monoisotopic (exact) mass is 481 g/mol. The molecule has 3 aliphatic rings. The number of allylic oxidation sites excluding steroid dienone is 2. The van der Waals surface area contributed by atoms with Gasteiger partial charge in [0.05, 0.1) is 42.2 Å². The smallest absolute Gasteiger partial charge is 0.338 e. The van der Waals surface area contributed by atoms with Crippen LogP contribution in [0.4, 0.5) is 4.79 Å². The quantitative estimate of drug-likeness (QED) is 0.328. The van der Waals surface area contributed by atoms with Crippen LogP contribution in [0.5, 0.6) is 0 Å². The molecule has 1 fully saturated rings. The van der Waals surface area contributed by atoms with E-state index in [4.69, 9.17) is 9.47 Å². The maximum Gasteiger partial charge on any atom is 0.338 e. The Hall–Kier alpha value is -3.95. The van der Waals surface area contributed by atoms with Crippen molar-refractivity contribution in [3.63, 3.8) is 0 Å². The number of fused-ring (bicyclic) bond motifs is 1. The number of rotatable bonds is 8. The van der Waals surface area contributed by atoms with E-state index in [1.807, 2.05) is 18.2 Å². The summed E-state index contributed by atoms with van der Waals surface area (Å²) in [5.74, 6) is -2.56. The number of hydrogen-bond acceptors (Lipinski definition) is 7. The van der Waals surface area contributed by atoms with Crippen LogP contribution in [0.3, 0.4) is 0 Å². The highest BCUT2D eigenvalue weighted by molar-refractivity contribution is 6.05. The van der Waals surface area contributed by atoms with Crippen molar-refractivity contribution in [3.05, 3.63) is 59.3 Å². The molecule has 0 saturated carbocycles. The van der Waals surface area contributed by atoms with Gasteiger partial charge in [-0.3, -0.25) is 19.3 Å². The number of carbonyl (C=O) groups excluding carboxylic acids is 5. The van der Waals surface area contributed by atoms with E-state index in [0.29, 0.717) is 18.4 Å². The normalized spacial score (nSPS) is 23.5. The molecule has 4 amide bonds. The highest BCUT2D eigenvalue weighted by atomic mass is 16.5. The third-order valence-corrected chi connectivity index (χ3v) is 6.30. The van der Waals surface area contributed by atoms with Crippen molar-refractivity contribution < 1.29 is 33.4 Å². The molecule has 2 aliphatic heterocycles. The molecule has 0 aromatic heterocycles. The molecule has 1 saturated heterocycles. The van der Waals surface area contributed by atoms with Crippen LogP contribution >= 0.6 is 0 Å². The lowest BCUT2D eigenvalue weighted by molar-refractivity contribution is -0.146. The molecule has 1 aromatic rings. The van der Waals surface area contributed by atoms with Gasteiger partial charge in [0.25, 0.3) is 0 Å². The third kappa shape index (κ3) is 5.11. The molecule has 0 unspecified atom stereocenters. The van der Waals surface area contributed by atoms with E-state index in [0.717, 1.165) is 4.90 Å². The number of carbonyl (C=O) groups is 5. The summed E-state index contributed by atoms with van der Waals surface area (Å²) in [5, 5.41) is 5.23. The Morgan fingerprint density at radius 2 is 1.66 bits per heavy atom. The van der Waals surface area contributed by atoms with Crippen molar-refractivity contribution in [2.24, 2.45) is 11.8 Å². The third-order valence-electron chi connectivity index (χ3n) is 6.30. The van der Waals surface area contributed by atoms with Gasteiger partial charge in [-0.05, 0) is 25.3 Å². The number of nitrogens with one attached hydrogen (secondary N) is 2. The Bertz CT molecular complexity index is 1070. The maximum absolute atomic E-state index is 12.7. The summed E-state index contributed by atoms with van der Waals surface area (Å²) in [4.78, 5) is 63.7. The van der Waals surface area contributed by atoms with Crippen LogP contribution in [0, 0.1) is 11.8 Å². The SMILES string of the molecule is CCOC(=O)C1=C(COC(=O)CCN2C(=O)[C@H]3CC=CC[C@@H]3C2=O)NC(=O)N[C@H]1c1ccccc1. The van der Waals surface area contributed by atoms with Gasteiger partial charge in [-0.1, -0.05) is 42.5 Å². The topological polar surface area (TPSA) is 131 Å². The molecule has 184 valence electrons. The molecule has 1 aliphatic carbocycles. The van der Waals surface area contributed by atoms with Crippen molar-refractivity contribution in [2.45, 2.75) is 32.2 Å². The molecule has 4 rings (SSSR count). The molecule has 10 heteroatoms. The van der Waals surface area contributed by atoms with Crippen LogP contribution in [0.1, 0.15) is 37.8 Å². The minimum absolute atomic E-state index is 0.0756. The van der Waals surface area contributed by atoms with Gasteiger partial charge in [0.1, 0.15) is 6.61 Å². The summed E-state index contributed by atoms with van der Waals surface area (Å²) in [5.41, 5.74) is 0.906. The Morgan fingerprint density at radius 3 is 2.29 bits per heavy atom. The van der Waals surface area contributed by atoms with Crippen molar-refractivity contribution in [1.82, 2.24) is 15.5 Å². The van der Waals surface area contributed by atoms with E-state index in [2.05, 4.69) is 10.6 Å². The zero-order chi connectivity index (χ0) is 24.9. The van der Waals surface area contributed by atoms with E-state index in [9.17, 15) is 24.0 Å². The molecule has 2 N–H and O–H groups in total. The minimum Gasteiger partial charge on any atom is -0.463 e. The molecule has 35 heavy (non-hydrogen) atoms. The van der Waals surface area contributed by atoms with Crippen LogP contribution in [0.2, 0.25) is 0 Å². The Labute approximate surface area is 202 Å². The van der Waals surface area contributed by atoms with Crippen LogP contribution in [-0.4, -0.2) is 54.4 Å². The lowest BCUT2D eigenvalue weighted by Crippen LogP contribution is -2.47. The molecule has 1 aromatic carbocycles. The zero-order valence-electron chi connectivity index (χ0n) is 19.3. The van der Waals surface area contributed by atoms with E-state index >= 15 is 0 Å². The first-order chi connectivity index (χ1) is 16.9. The number of ether oxygens (including phenoxy) is 2. The van der Waals surface area contributed by atoms with E-state index < -0.39 is 24.0 Å². The average molecular weight is 482 g/mol. The summed E-state index contributed by atoms with van der Waals surface area (Å²) in [7, 11) is 0. The largest absolute Gasteiger partial charge is 0.463 e. The van der Waals surface area contributed by atoms with Crippen LogP contribution < -0.4 is 10.6 Å². The minimum atomic E-state index is -0.783. The van der Waals surface area contributed by atoms with Crippen LogP contribution in [-0.2, 0) is 28.7 Å². The van der Waals surface area contributed by atoms with E-state index in [-0.39, 0.29) is 61.1 Å². The second-order valence-corrected chi connectivity index (χ2v) is 8.45. The van der Waals surface area contributed by atoms with Gasteiger partial charge >= 0.3 is 18.0 Å². The number of likely N-dealkylation sites (tertiary alicyclic amines) is 1. The van der Waals surface area contributed by atoms with Gasteiger partial charge in [-0.25, -0.2) is 9.59 Å². The maximum atomic E-state index is 12.7. The number of benzene rings is 1. The van der Waals surface area contributed by atoms with Gasteiger partial charge < -0.3 is 20.1 Å². The fourth-order valence-electron chi connectivity index (χ4n) is 4.59. The summed E-state index contributed by atoms with van der Waals surface area (Å²) >= 11 is 0. The number of urea groups is 1. The second kappa shape index (κ2) is 10.5. The highest BCUT2D eigenvalue weighted by Gasteiger charge is 2.47. The number of amides is 4. The Morgan fingerprint density at radius 1 is 1.00 bits per heavy atom. The van der Waals surface area contributed by atoms with Gasteiger partial charge in [-0.15, -0.1) is 0 Å². The van der Waals surface area contributed by atoms with Gasteiger partial charge in [0, 0.05) is 6.54 Å². The second-order valence-electron chi connectivity index (χ2n) is 8.45. The van der Waals surface area contributed by atoms with Crippen molar-refractivity contribution in [2.75, 3.05) is 19.8 Å². The molecule has 2 heterocycles. The van der Waals surface area contributed by atoms with Crippen molar-refractivity contribution in [3.8, 4) is 0 Å². The first-order valence-corrected chi connectivity index (χ1v) is 11.6. The Kier molecular flexibility index (Phi) is 7.28. The predicted octanol–water partition coefficient (Wildman–Crippen LogP) is 1.74. The van der Waals surface area contributed by atoms with Crippen molar-refractivity contribution >= 4 is 29.8 Å². The lowest BCUT2D eigenvalue weighted by Gasteiger charge is -2.29. The number of esters is 2. The molecule has 10 nitrogen and oxygen atoms in total. The van der Waals surface area contributed by atoms with Gasteiger partial charge in [0.2, 0.25) is 11.8 Å². The van der Waals surface area contributed by atoms with Gasteiger partial charge in [0.15, 0.2) is 0 Å². The summed E-state index contributed by atoms with van der Waals surface area (Å²) in [6, 6.07) is 7.55. The fraction of sp³-hybridized carbons (Fsp3) is 0.400. The zero-order valence-corrected chi connectivity index (χ0v) is 19.3. The number of imide groups is 1. The Balaban J connectivity index is 1.43. The molecular formula is C25H27N3O7. The summed E-state index contributed by atoms with van der Waals surface area (Å²) < 4.78 is 10.5. The molecule has 3 atom stereocenters. The number of hydrogen-bond donors (Lipinski definition) is 2. The molecule has 0 radical (unpaired) electrons. The average Bonchev–Trinajstić information content (AvgIpc) is 3.11. The lowest BCUT2D eigenvalue weighted by atomic mass is 9.85. The first-order valence-electron chi connectivity index (χ1n) is 11.6. The van der Waals surface area contributed by atoms with Crippen molar-refractivity contribution in [1.29, 1.82) is 0 Å². The highest BCUT2D eigenvalue weighted by Crippen LogP contribution is 2.35. The van der Waals surface area contributed by atoms with E-state index in [1.54, 1.807) is 31.2 Å². The molecule has 0 spiro atoms. The summed E-state index contributed by atoms with van der Waals surface area (Å²) in [6.45, 7) is 1.34. The van der Waals surface area contributed by atoms with E-state index in [1.165, 1.54) is 0 Å². The fourth-order valence-corrected chi connectivity index (χ4v) is 4.59. The molecule has 0 bridgehead atoms. The summed E-state index contributed by atoms with van der Waals surface area (Å²) in [6.07, 6.45) is 4.65. The van der Waals surface area contributed by atoms with Crippen LogP contribution in [0.15, 0.2) is 53.8 Å². The molecular weight excluding hydrogens is 454 g/mol.